The predicted octanol–water partition coefficient (Wildman–Crippen LogP) is 4.19. The van der Waals surface area contributed by atoms with Gasteiger partial charge in [-0.1, -0.05) is 13.0 Å². The fourth-order valence-corrected chi connectivity index (χ4v) is 3.28. The smallest absolute Gasteiger partial charge is 0.161 e. The van der Waals surface area contributed by atoms with E-state index in [4.69, 9.17) is 9.47 Å². The summed E-state index contributed by atoms with van der Waals surface area (Å²) in [6, 6.07) is 7.71. The Bertz CT molecular complexity index is 577. The summed E-state index contributed by atoms with van der Waals surface area (Å²) in [7, 11) is 0. The molecule has 1 aromatic carbocycles. The zero-order chi connectivity index (χ0) is 15.2. The molecule has 2 rings (SSSR count). The highest BCUT2D eigenvalue weighted by Gasteiger charge is 2.17. The van der Waals surface area contributed by atoms with Gasteiger partial charge in [0.1, 0.15) is 6.10 Å². The molecule has 0 bridgehead atoms. The summed E-state index contributed by atoms with van der Waals surface area (Å²) >= 11 is 1.59. The van der Waals surface area contributed by atoms with Crippen LogP contribution in [0.3, 0.4) is 0 Å². The Morgan fingerprint density at radius 1 is 1.05 bits per heavy atom. The normalized spacial score (nSPS) is 12.2. The quantitative estimate of drug-likeness (QED) is 0.833. The molecule has 0 aliphatic rings. The molecule has 1 N–H and O–H groups in total. The van der Waals surface area contributed by atoms with Crippen molar-refractivity contribution in [2.75, 3.05) is 13.2 Å². The summed E-state index contributed by atoms with van der Waals surface area (Å²) in [5.41, 5.74) is 2.03. The van der Waals surface area contributed by atoms with Gasteiger partial charge in [-0.25, -0.2) is 0 Å². The average Bonchev–Trinajstić information content (AvgIpc) is 2.97. The van der Waals surface area contributed by atoms with Gasteiger partial charge in [-0.05, 0) is 55.0 Å². The Balaban J connectivity index is 2.33. The number of benzene rings is 1. The second-order valence-electron chi connectivity index (χ2n) is 4.64. The summed E-state index contributed by atoms with van der Waals surface area (Å²) in [6.45, 7) is 7.14. The highest BCUT2D eigenvalue weighted by Crippen LogP contribution is 2.35. The summed E-state index contributed by atoms with van der Waals surface area (Å²) in [4.78, 5) is 1.00. The maximum Gasteiger partial charge on any atom is 0.161 e. The number of rotatable bonds is 7. The molecule has 21 heavy (non-hydrogen) atoms. The van der Waals surface area contributed by atoms with Crippen LogP contribution in [0.25, 0.3) is 0 Å². The van der Waals surface area contributed by atoms with E-state index in [9.17, 15) is 5.11 Å². The van der Waals surface area contributed by atoms with Crippen LogP contribution in [0.4, 0.5) is 0 Å². The number of aliphatic hydroxyl groups excluding tert-OH is 1. The van der Waals surface area contributed by atoms with Gasteiger partial charge in [0.2, 0.25) is 0 Å². The van der Waals surface area contributed by atoms with E-state index in [1.165, 1.54) is 5.56 Å². The van der Waals surface area contributed by atoms with Crippen molar-refractivity contribution >= 4 is 11.3 Å². The number of ether oxygens (including phenoxy) is 2. The minimum Gasteiger partial charge on any atom is -0.490 e. The van der Waals surface area contributed by atoms with Crippen LogP contribution in [0.15, 0.2) is 29.6 Å². The van der Waals surface area contributed by atoms with Gasteiger partial charge in [0.15, 0.2) is 11.5 Å². The molecule has 1 atom stereocenters. The van der Waals surface area contributed by atoms with E-state index in [-0.39, 0.29) is 0 Å². The topological polar surface area (TPSA) is 38.7 Å². The van der Waals surface area contributed by atoms with Gasteiger partial charge in [0.25, 0.3) is 0 Å². The van der Waals surface area contributed by atoms with E-state index in [1.54, 1.807) is 11.3 Å². The van der Waals surface area contributed by atoms with Crippen molar-refractivity contribution in [3.63, 3.8) is 0 Å². The predicted molar refractivity (Wildman–Crippen MR) is 86.5 cm³/mol. The lowest BCUT2D eigenvalue weighted by molar-refractivity contribution is 0.221. The van der Waals surface area contributed by atoms with Crippen molar-refractivity contribution < 1.29 is 14.6 Å². The first-order valence-corrected chi connectivity index (χ1v) is 8.23. The summed E-state index contributed by atoms with van der Waals surface area (Å²) in [5, 5.41) is 12.6. The molecule has 114 valence electrons. The Morgan fingerprint density at radius 2 is 1.76 bits per heavy atom. The first-order valence-electron chi connectivity index (χ1n) is 7.35. The first kappa shape index (κ1) is 15.9. The molecule has 0 radical (unpaired) electrons. The second-order valence-corrected chi connectivity index (χ2v) is 5.59. The van der Waals surface area contributed by atoms with Gasteiger partial charge in [-0.3, -0.25) is 0 Å². The minimum absolute atomic E-state index is 0.568. The molecular weight excluding hydrogens is 284 g/mol. The third-order valence-corrected chi connectivity index (χ3v) is 4.30. The van der Waals surface area contributed by atoms with Gasteiger partial charge in [0, 0.05) is 4.88 Å². The van der Waals surface area contributed by atoms with E-state index in [0.29, 0.717) is 19.0 Å². The fourth-order valence-electron chi connectivity index (χ4n) is 2.27. The number of hydrogen-bond donors (Lipinski definition) is 1. The van der Waals surface area contributed by atoms with Crippen molar-refractivity contribution in [3.8, 4) is 11.5 Å². The molecule has 0 aliphatic heterocycles. The van der Waals surface area contributed by atoms with Gasteiger partial charge in [0.05, 0.1) is 13.2 Å². The zero-order valence-corrected chi connectivity index (χ0v) is 13.6. The molecule has 0 amide bonds. The molecule has 0 aliphatic carbocycles. The van der Waals surface area contributed by atoms with Crippen LogP contribution in [-0.4, -0.2) is 18.3 Å². The third-order valence-electron chi connectivity index (χ3n) is 3.29. The largest absolute Gasteiger partial charge is 0.490 e. The van der Waals surface area contributed by atoms with E-state index >= 15 is 0 Å². The Morgan fingerprint density at radius 3 is 2.43 bits per heavy atom. The third kappa shape index (κ3) is 3.57. The molecule has 1 aromatic heterocycles. The Kier molecular flexibility index (Phi) is 5.65. The molecule has 1 unspecified atom stereocenters. The van der Waals surface area contributed by atoms with E-state index < -0.39 is 6.10 Å². The molecule has 0 spiro atoms. The molecule has 2 aromatic rings. The lowest BCUT2D eigenvalue weighted by Crippen LogP contribution is -2.03. The molecule has 4 heteroatoms. The van der Waals surface area contributed by atoms with Crippen molar-refractivity contribution in [1.82, 2.24) is 0 Å². The van der Waals surface area contributed by atoms with Crippen molar-refractivity contribution in [2.24, 2.45) is 0 Å². The number of aryl methyl sites for hydroxylation is 1. The Hall–Kier alpha value is -1.52. The van der Waals surface area contributed by atoms with Gasteiger partial charge < -0.3 is 14.6 Å². The maximum atomic E-state index is 10.6. The maximum absolute atomic E-state index is 10.6. The molecule has 0 saturated carbocycles. The molecular formula is C17H22O3S. The van der Waals surface area contributed by atoms with Crippen LogP contribution in [0, 0.1) is 0 Å². The molecule has 1 heterocycles. The van der Waals surface area contributed by atoms with Crippen LogP contribution >= 0.6 is 11.3 Å². The van der Waals surface area contributed by atoms with Crippen LogP contribution in [0.2, 0.25) is 0 Å². The molecule has 0 fully saturated rings. The zero-order valence-electron chi connectivity index (χ0n) is 12.8. The number of thiophene rings is 1. The monoisotopic (exact) mass is 306 g/mol. The lowest BCUT2D eigenvalue weighted by atomic mass is 10.0. The van der Waals surface area contributed by atoms with Gasteiger partial charge >= 0.3 is 0 Å². The van der Waals surface area contributed by atoms with Crippen LogP contribution in [0.1, 0.15) is 42.9 Å². The van der Waals surface area contributed by atoms with Gasteiger partial charge in [-0.15, -0.1) is 11.3 Å². The van der Waals surface area contributed by atoms with Crippen molar-refractivity contribution in [2.45, 2.75) is 33.3 Å². The van der Waals surface area contributed by atoms with E-state index in [1.807, 2.05) is 37.4 Å². The van der Waals surface area contributed by atoms with Crippen molar-refractivity contribution in [1.29, 1.82) is 0 Å². The standard InChI is InChI=1S/C17H22O3S/c1-4-12-9-10-21-17(12)16(18)13-7-8-14(19-5-2)15(11-13)20-6-3/h7-11,16,18H,4-6H2,1-3H3. The van der Waals surface area contributed by atoms with Gasteiger partial charge in [-0.2, -0.15) is 0 Å². The summed E-state index contributed by atoms with van der Waals surface area (Å²) < 4.78 is 11.2. The highest BCUT2D eigenvalue weighted by molar-refractivity contribution is 7.10. The second kappa shape index (κ2) is 7.48. The molecule has 3 nitrogen and oxygen atoms in total. The fraction of sp³-hybridized carbons (Fsp3) is 0.412. The average molecular weight is 306 g/mol. The van der Waals surface area contributed by atoms with Crippen LogP contribution in [0.5, 0.6) is 11.5 Å². The lowest BCUT2D eigenvalue weighted by Gasteiger charge is -2.16. The SMILES string of the molecule is CCOc1ccc(C(O)c2sccc2CC)cc1OCC. The van der Waals surface area contributed by atoms with E-state index in [0.717, 1.165) is 22.6 Å². The minimum atomic E-state index is -0.616. The van der Waals surface area contributed by atoms with Crippen LogP contribution in [-0.2, 0) is 6.42 Å². The van der Waals surface area contributed by atoms with Crippen molar-refractivity contribution in [3.05, 3.63) is 45.6 Å². The Labute approximate surface area is 130 Å². The number of aliphatic hydroxyl groups is 1. The number of hydrogen-bond acceptors (Lipinski definition) is 4. The van der Waals surface area contributed by atoms with Crippen LogP contribution < -0.4 is 9.47 Å². The summed E-state index contributed by atoms with van der Waals surface area (Å²) in [6.07, 6.45) is 0.306. The highest BCUT2D eigenvalue weighted by atomic mass is 32.1. The molecule has 0 saturated heterocycles. The summed E-state index contributed by atoms with van der Waals surface area (Å²) in [5.74, 6) is 1.41. The first-order chi connectivity index (χ1) is 10.2. The van der Waals surface area contributed by atoms with E-state index in [2.05, 4.69) is 13.0 Å².